The summed E-state index contributed by atoms with van der Waals surface area (Å²) in [7, 11) is 1.59. The molecular formula is C17H14N2O2. The largest absolute Gasteiger partial charge is 0.495 e. The maximum Gasteiger partial charge on any atom is 0.206 e. The number of hydrogen-bond acceptors (Lipinski definition) is 4. The molecule has 0 radical (unpaired) electrons. The SMILES string of the molecule is COc1ccccc1NN=C1C(=O)C=Cc2ccccc21. The molecule has 0 unspecified atom stereocenters. The number of hydrazone groups is 1. The van der Waals surface area contributed by atoms with Crippen molar-refractivity contribution in [1.82, 2.24) is 0 Å². The predicted molar refractivity (Wildman–Crippen MR) is 83.6 cm³/mol. The standard InChI is InChI=1S/C17H14N2O2/c1-21-16-9-5-4-8-14(16)18-19-17-13-7-3-2-6-12(13)10-11-15(17)20/h2-11,18H,1H3. The van der Waals surface area contributed by atoms with E-state index in [-0.39, 0.29) is 5.78 Å². The van der Waals surface area contributed by atoms with Gasteiger partial charge in [0.15, 0.2) is 0 Å². The van der Waals surface area contributed by atoms with E-state index < -0.39 is 0 Å². The van der Waals surface area contributed by atoms with Crippen LogP contribution in [0.1, 0.15) is 11.1 Å². The van der Waals surface area contributed by atoms with Crippen molar-refractivity contribution < 1.29 is 9.53 Å². The van der Waals surface area contributed by atoms with Gasteiger partial charge in [-0.25, -0.2) is 0 Å². The number of ether oxygens (including phenoxy) is 1. The second-order valence-electron chi connectivity index (χ2n) is 4.56. The van der Waals surface area contributed by atoms with Crippen LogP contribution in [0.2, 0.25) is 0 Å². The highest BCUT2D eigenvalue weighted by Gasteiger charge is 2.18. The normalized spacial score (nSPS) is 14.9. The molecule has 4 heteroatoms. The first-order chi connectivity index (χ1) is 10.3. The van der Waals surface area contributed by atoms with Crippen molar-refractivity contribution >= 4 is 23.3 Å². The maximum atomic E-state index is 12.0. The zero-order valence-corrected chi connectivity index (χ0v) is 11.5. The van der Waals surface area contributed by atoms with Crippen LogP contribution >= 0.6 is 0 Å². The highest BCUT2D eigenvalue weighted by atomic mass is 16.5. The summed E-state index contributed by atoms with van der Waals surface area (Å²) in [4.78, 5) is 12.0. The number of hydrogen-bond donors (Lipinski definition) is 1. The quantitative estimate of drug-likeness (QED) is 0.878. The van der Waals surface area contributed by atoms with Gasteiger partial charge in [0.25, 0.3) is 0 Å². The summed E-state index contributed by atoms with van der Waals surface area (Å²) in [6.45, 7) is 0. The van der Waals surface area contributed by atoms with Crippen LogP contribution in [0, 0.1) is 0 Å². The molecule has 0 aliphatic heterocycles. The van der Waals surface area contributed by atoms with Crippen molar-refractivity contribution in [2.75, 3.05) is 12.5 Å². The lowest BCUT2D eigenvalue weighted by molar-refractivity contribution is -0.108. The van der Waals surface area contributed by atoms with Gasteiger partial charge in [0.1, 0.15) is 11.5 Å². The van der Waals surface area contributed by atoms with Crippen molar-refractivity contribution in [3.8, 4) is 5.75 Å². The van der Waals surface area contributed by atoms with Crippen LogP contribution in [-0.2, 0) is 4.79 Å². The Balaban J connectivity index is 1.96. The molecule has 0 heterocycles. The Morgan fingerprint density at radius 1 is 1.00 bits per heavy atom. The molecule has 2 aromatic carbocycles. The van der Waals surface area contributed by atoms with Gasteiger partial charge in [0, 0.05) is 5.56 Å². The summed E-state index contributed by atoms with van der Waals surface area (Å²) in [6.07, 6.45) is 3.34. The van der Waals surface area contributed by atoms with Crippen LogP contribution in [0.25, 0.3) is 6.08 Å². The molecule has 0 aromatic heterocycles. The van der Waals surface area contributed by atoms with Crippen molar-refractivity contribution in [2.24, 2.45) is 5.10 Å². The van der Waals surface area contributed by atoms with Gasteiger partial charge in [-0.2, -0.15) is 5.10 Å². The van der Waals surface area contributed by atoms with Gasteiger partial charge in [-0.15, -0.1) is 0 Å². The monoisotopic (exact) mass is 278 g/mol. The molecule has 0 saturated heterocycles. The fraction of sp³-hybridized carbons (Fsp3) is 0.0588. The van der Waals surface area contributed by atoms with Crippen LogP contribution in [0.4, 0.5) is 5.69 Å². The van der Waals surface area contributed by atoms with E-state index in [4.69, 9.17) is 4.74 Å². The minimum atomic E-state index is -0.115. The summed E-state index contributed by atoms with van der Waals surface area (Å²) >= 11 is 0. The van der Waals surface area contributed by atoms with E-state index >= 15 is 0 Å². The van der Waals surface area contributed by atoms with Gasteiger partial charge in [-0.3, -0.25) is 10.2 Å². The second-order valence-corrected chi connectivity index (χ2v) is 4.56. The van der Waals surface area contributed by atoms with Gasteiger partial charge in [-0.05, 0) is 23.8 Å². The minimum Gasteiger partial charge on any atom is -0.495 e. The van der Waals surface area contributed by atoms with E-state index in [1.54, 1.807) is 13.2 Å². The molecule has 104 valence electrons. The Bertz CT molecular complexity index is 748. The first-order valence-corrected chi connectivity index (χ1v) is 6.58. The Hall–Kier alpha value is -2.88. The van der Waals surface area contributed by atoms with E-state index in [0.29, 0.717) is 17.1 Å². The Kier molecular flexibility index (Phi) is 3.51. The summed E-state index contributed by atoms with van der Waals surface area (Å²) in [6, 6.07) is 15.1. The number of nitrogens with zero attached hydrogens (tertiary/aromatic N) is 1. The Morgan fingerprint density at radius 2 is 1.76 bits per heavy atom. The molecule has 1 aliphatic rings. The molecule has 21 heavy (non-hydrogen) atoms. The number of rotatable bonds is 3. The third-order valence-electron chi connectivity index (χ3n) is 3.26. The molecule has 1 N–H and O–H groups in total. The highest BCUT2D eigenvalue weighted by Crippen LogP contribution is 2.24. The van der Waals surface area contributed by atoms with Crippen LogP contribution in [-0.4, -0.2) is 18.6 Å². The average molecular weight is 278 g/mol. The lowest BCUT2D eigenvalue weighted by Gasteiger charge is -2.13. The third-order valence-corrected chi connectivity index (χ3v) is 3.26. The lowest BCUT2D eigenvalue weighted by Crippen LogP contribution is -2.19. The van der Waals surface area contributed by atoms with Crippen LogP contribution in [0.5, 0.6) is 5.75 Å². The summed E-state index contributed by atoms with van der Waals surface area (Å²) in [5.74, 6) is 0.560. The minimum absolute atomic E-state index is 0.115. The maximum absolute atomic E-state index is 12.0. The first-order valence-electron chi connectivity index (χ1n) is 6.58. The van der Waals surface area contributed by atoms with Gasteiger partial charge < -0.3 is 4.74 Å². The molecule has 1 aliphatic carbocycles. The van der Waals surface area contributed by atoms with Crippen LogP contribution < -0.4 is 10.2 Å². The topological polar surface area (TPSA) is 50.7 Å². The first kappa shape index (κ1) is 13.1. The fourth-order valence-corrected chi connectivity index (χ4v) is 2.20. The van der Waals surface area contributed by atoms with Gasteiger partial charge in [0.2, 0.25) is 5.78 Å². The number of methoxy groups -OCH3 is 1. The van der Waals surface area contributed by atoms with E-state index in [9.17, 15) is 4.79 Å². The molecule has 0 atom stereocenters. The number of anilines is 1. The van der Waals surface area contributed by atoms with Crippen molar-refractivity contribution in [3.63, 3.8) is 0 Å². The number of nitrogens with one attached hydrogen (secondary N) is 1. The third kappa shape index (κ3) is 2.56. The molecule has 4 nitrogen and oxygen atoms in total. The highest BCUT2D eigenvalue weighted by molar-refractivity contribution is 6.52. The molecule has 3 rings (SSSR count). The number of carbonyl (C=O) groups is 1. The fourth-order valence-electron chi connectivity index (χ4n) is 2.20. The van der Waals surface area contributed by atoms with E-state index in [0.717, 1.165) is 11.1 Å². The number of para-hydroxylation sites is 2. The van der Waals surface area contributed by atoms with Gasteiger partial charge >= 0.3 is 0 Å². The van der Waals surface area contributed by atoms with E-state index in [1.165, 1.54) is 6.08 Å². The molecule has 2 aromatic rings. The van der Waals surface area contributed by atoms with Crippen molar-refractivity contribution in [2.45, 2.75) is 0 Å². The zero-order valence-electron chi connectivity index (χ0n) is 11.5. The summed E-state index contributed by atoms with van der Waals surface area (Å²) in [5.41, 5.74) is 5.84. The van der Waals surface area contributed by atoms with Crippen molar-refractivity contribution in [1.29, 1.82) is 0 Å². The zero-order chi connectivity index (χ0) is 14.7. The van der Waals surface area contributed by atoms with Crippen LogP contribution in [0.3, 0.4) is 0 Å². The summed E-state index contributed by atoms with van der Waals surface area (Å²) < 4.78 is 5.25. The number of fused-ring (bicyclic) bond motifs is 1. The average Bonchev–Trinajstić information content (AvgIpc) is 2.54. The second kappa shape index (κ2) is 5.63. The van der Waals surface area contributed by atoms with Crippen molar-refractivity contribution in [3.05, 3.63) is 65.7 Å². The summed E-state index contributed by atoms with van der Waals surface area (Å²) in [5, 5.41) is 4.27. The molecule has 0 amide bonds. The Morgan fingerprint density at radius 3 is 2.62 bits per heavy atom. The molecular weight excluding hydrogens is 264 g/mol. The Labute approximate surface area is 122 Å². The number of carbonyl (C=O) groups excluding carboxylic acids is 1. The predicted octanol–water partition coefficient (Wildman–Crippen LogP) is 3.11. The smallest absolute Gasteiger partial charge is 0.206 e. The molecule has 0 saturated carbocycles. The number of allylic oxidation sites excluding steroid dienone is 1. The van der Waals surface area contributed by atoms with E-state index in [1.807, 2.05) is 48.5 Å². The van der Waals surface area contributed by atoms with Gasteiger partial charge in [-0.1, -0.05) is 42.5 Å². The number of benzene rings is 2. The van der Waals surface area contributed by atoms with E-state index in [2.05, 4.69) is 10.5 Å². The molecule has 0 spiro atoms. The lowest BCUT2D eigenvalue weighted by atomic mass is 9.95. The van der Waals surface area contributed by atoms with Gasteiger partial charge in [0.05, 0.1) is 12.8 Å². The number of ketones is 1. The molecule has 0 fully saturated rings. The van der Waals surface area contributed by atoms with Crippen LogP contribution in [0.15, 0.2) is 59.7 Å². The molecule has 0 bridgehead atoms.